The molecular formula is C23H26ClNO5. The summed E-state index contributed by atoms with van der Waals surface area (Å²) in [4.78, 5) is 13.6. The first-order valence-electron chi connectivity index (χ1n) is 10.2. The van der Waals surface area contributed by atoms with Crippen LogP contribution in [-0.4, -0.2) is 53.2 Å². The molecule has 0 bridgehead atoms. The summed E-state index contributed by atoms with van der Waals surface area (Å²) in [5.41, 5.74) is 4.98. The normalized spacial score (nSPS) is 26.6. The zero-order valence-corrected chi connectivity index (χ0v) is 17.5. The van der Waals surface area contributed by atoms with Gasteiger partial charge >= 0.3 is 0 Å². The first-order chi connectivity index (χ1) is 14.4. The van der Waals surface area contributed by atoms with Gasteiger partial charge in [-0.25, -0.2) is 0 Å². The number of aliphatic hydroxyl groups is 3. The van der Waals surface area contributed by atoms with Crippen LogP contribution in [0, 0.1) is 0 Å². The maximum Gasteiger partial charge on any atom is 0.227 e. The molecule has 0 radical (unpaired) electrons. The largest absolute Gasteiger partial charge is 0.394 e. The van der Waals surface area contributed by atoms with E-state index in [2.05, 4.69) is 6.07 Å². The SMILES string of the molecule is CN1C(=O)CCc2cc(Cc3cc([C@H]4C[C@@H](O)[C@H](O)[C@@H](CO)O4)ccc3Cl)ccc21. The van der Waals surface area contributed by atoms with E-state index >= 15 is 0 Å². The minimum Gasteiger partial charge on any atom is -0.394 e. The number of carbonyl (C=O) groups excluding carboxylic acids is 1. The Morgan fingerprint density at radius 3 is 2.73 bits per heavy atom. The Bertz CT molecular complexity index is 949. The highest BCUT2D eigenvalue weighted by molar-refractivity contribution is 6.31. The molecule has 0 unspecified atom stereocenters. The summed E-state index contributed by atoms with van der Waals surface area (Å²) in [7, 11) is 1.80. The Labute approximate surface area is 180 Å². The number of rotatable bonds is 4. The van der Waals surface area contributed by atoms with Crippen molar-refractivity contribution in [2.45, 2.75) is 50.1 Å². The molecule has 2 aromatic carbocycles. The summed E-state index contributed by atoms with van der Waals surface area (Å²) in [6.07, 6.45) is -1.19. The van der Waals surface area contributed by atoms with Crippen LogP contribution in [0.3, 0.4) is 0 Å². The lowest BCUT2D eigenvalue weighted by molar-refractivity contribution is -0.181. The molecule has 1 saturated heterocycles. The topological polar surface area (TPSA) is 90.2 Å². The molecule has 4 atom stereocenters. The van der Waals surface area contributed by atoms with Crippen LogP contribution in [0.4, 0.5) is 5.69 Å². The van der Waals surface area contributed by atoms with Gasteiger partial charge < -0.3 is 25.0 Å². The summed E-state index contributed by atoms with van der Waals surface area (Å²) >= 11 is 6.46. The molecule has 2 heterocycles. The summed E-state index contributed by atoms with van der Waals surface area (Å²) in [5.74, 6) is 0.131. The van der Waals surface area contributed by atoms with Crippen LogP contribution in [0.5, 0.6) is 0 Å². The van der Waals surface area contributed by atoms with Crippen LogP contribution in [0.1, 0.15) is 41.2 Å². The highest BCUT2D eigenvalue weighted by atomic mass is 35.5. The lowest BCUT2D eigenvalue weighted by Crippen LogP contribution is -2.47. The van der Waals surface area contributed by atoms with Gasteiger partial charge in [-0.3, -0.25) is 4.79 Å². The van der Waals surface area contributed by atoms with Crippen LogP contribution in [-0.2, 0) is 22.4 Å². The quantitative estimate of drug-likeness (QED) is 0.691. The van der Waals surface area contributed by atoms with E-state index in [4.69, 9.17) is 16.3 Å². The van der Waals surface area contributed by atoms with Crippen molar-refractivity contribution in [3.8, 4) is 0 Å². The molecule has 3 N–H and O–H groups in total. The number of anilines is 1. The van der Waals surface area contributed by atoms with Gasteiger partial charge in [0.1, 0.15) is 12.2 Å². The number of carbonyl (C=O) groups is 1. The highest BCUT2D eigenvalue weighted by Gasteiger charge is 2.37. The van der Waals surface area contributed by atoms with E-state index in [1.807, 2.05) is 30.3 Å². The third-order valence-electron chi connectivity index (χ3n) is 6.07. The molecule has 7 heteroatoms. The third-order valence-corrected chi connectivity index (χ3v) is 6.44. The number of aliphatic hydroxyl groups excluding tert-OH is 3. The lowest BCUT2D eigenvalue weighted by Gasteiger charge is -2.36. The van der Waals surface area contributed by atoms with E-state index in [9.17, 15) is 20.1 Å². The Balaban J connectivity index is 1.57. The molecule has 160 valence electrons. The average molecular weight is 432 g/mol. The monoisotopic (exact) mass is 431 g/mol. The maximum atomic E-state index is 11.9. The lowest BCUT2D eigenvalue weighted by atomic mass is 9.92. The molecule has 0 saturated carbocycles. The summed E-state index contributed by atoms with van der Waals surface area (Å²) < 4.78 is 5.81. The second-order valence-electron chi connectivity index (χ2n) is 8.08. The number of ether oxygens (including phenoxy) is 1. The van der Waals surface area contributed by atoms with Gasteiger partial charge in [0, 0.05) is 30.6 Å². The van der Waals surface area contributed by atoms with E-state index in [0.29, 0.717) is 17.9 Å². The van der Waals surface area contributed by atoms with Crippen LogP contribution in [0.15, 0.2) is 36.4 Å². The van der Waals surface area contributed by atoms with Crippen LogP contribution in [0.25, 0.3) is 0 Å². The van der Waals surface area contributed by atoms with Crippen molar-refractivity contribution >= 4 is 23.2 Å². The Kier molecular flexibility index (Phi) is 6.14. The van der Waals surface area contributed by atoms with Gasteiger partial charge in [0.15, 0.2) is 0 Å². The molecule has 2 aliphatic rings. The summed E-state index contributed by atoms with van der Waals surface area (Å²) in [6, 6.07) is 11.7. The Morgan fingerprint density at radius 2 is 1.97 bits per heavy atom. The molecule has 0 aromatic heterocycles. The van der Waals surface area contributed by atoms with Crippen molar-refractivity contribution < 1.29 is 24.9 Å². The van der Waals surface area contributed by atoms with Crippen LogP contribution >= 0.6 is 11.6 Å². The maximum absolute atomic E-state index is 11.9. The summed E-state index contributed by atoms with van der Waals surface area (Å²) in [6.45, 7) is -0.360. The smallest absolute Gasteiger partial charge is 0.227 e. The van der Waals surface area contributed by atoms with Crippen LogP contribution in [0.2, 0.25) is 5.02 Å². The van der Waals surface area contributed by atoms with Gasteiger partial charge in [-0.1, -0.05) is 35.9 Å². The molecule has 2 aromatic rings. The van der Waals surface area contributed by atoms with Crippen molar-refractivity contribution in [3.63, 3.8) is 0 Å². The molecule has 0 aliphatic carbocycles. The van der Waals surface area contributed by atoms with E-state index in [1.165, 1.54) is 0 Å². The van der Waals surface area contributed by atoms with Crippen molar-refractivity contribution in [3.05, 3.63) is 63.7 Å². The Hall–Kier alpha value is -1.96. The predicted octanol–water partition coefficient (Wildman–Crippen LogP) is 2.38. The third kappa shape index (κ3) is 4.11. The van der Waals surface area contributed by atoms with Gasteiger partial charge in [-0.15, -0.1) is 0 Å². The number of nitrogens with zero attached hydrogens (tertiary/aromatic N) is 1. The van der Waals surface area contributed by atoms with Gasteiger partial charge in [0.2, 0.25) is 5.91 Å². The number of amides is 1. The molecule has 1 amide bonds. The predicted molar refractivity (Wildman–Crippen MR) is 114 cm³/mol. The van der Waals surface area contributed by atoms with Gasteiger partial charge in [-0.2, -0.15) is 0 Å². The number of fused-ring (bicyclic) bond motifs is 1. The molecule has 2 aliphatic heterocycles. The summed E-state index contributed by atoms with van der Waals surface area (Å²) in [5, 5.41) is 30.1. The van der Waals surface area contributed by atoms with Crippen molar-refractivity contribution in [2.75, 3.05) is 18.6 Å². The van der Waals surface area contributed by atoms with Crippen molar-refractivity contribution in [1.82, 2.24) is 0 Å². The highest BCUT2D eigenvalue weighted by Crippen LogP contribution is 2.34. The number of aryl methyl sites for hydroxylation is 1. The zero-order valence-electron chi connectivity index (χ0n) is 16.8. The standard InChI is InChI=1S/C23H26ClNO5/c1-25-18-6-2-13(8-14(18)4-7-22(25)28)9-16-10-15(3-5-17(16)24)20-11-19(27)23(29)21(12-26)30-20/h2-3,5-6,8,10,19-21,23,26-27,29H,4,7,9,11-12H2,1H3/t19-,20-,21-,23+/m1/s1. The number of halogens is 1. The fraction of sp³-hybridized carbons (Fsp3) is 0.435. The molecule has 6 nitrogen and oxygen atoms in total. The molecular weight excluding hydrogens is 406 g/mol. The minimum atomic E-state index is -1.10. The average Bonchev–Trinajstić information content (AvgIpc) is 2.74. The second kappa shape index (κ2) is 8.65. The molecule has 1 fully saturated rings. The molecule has 0 spiro atoms. The van der Waals surface area contributed by atoms with Crippen molar-refractivity contribution in [2.24, 2.45) is 0 Å². The van der Waals surface area contributed by atoms with E-state index < -0.39 is 24.4 Å². The first-order valence-corrected chi connectivity index (χ1v) is 10.5. The molecule has 30 heavy (non-hydrogen) atoms. The Morgan fingerprint density at radius 1 is 1.17 bits per heavy atom. The zero-order chi connectivity index (χ0) is 21.4. The minimum absolute atomic E-state index is 0.131. The van der Waals surface area contributed by atoms with E-state index in [1.54, 1.807) is 11.9 Å². The second-order valence-corrected chi connectivity index (χ2v) is 8.49. The number of hydrogen-bond donors (Lipinski definition) is 3. The van der Waals surface area contributed by atoms with Gasteiger partial charge in [0.05, 0.1) is 18.8 Å². The van der Waals surface area contributed by atoms with Crippen molar-refractivity contribution in [1.29, 1.82) is 0 Å². The molecule has 4 rings (SSSR count). The fourth-order valence-corrected chi connectivity index (χ4v) is 4.47. The number of benzene rings is 2. The van der Waals surface area contributed by atoms with Gasteiger partial charge in [-0.05, 0) is 47.2 Å². The van der Waals surface area contributed by atoms with E-state index in [0.717, 1.165) is 34.4 Å². The number of hydrogen-bond acceptors (Lipinski definition) is 5. The van der Waals surface area contributed by atoms with Crippen LogP contribution < -0.4 is 4.90 Å². The fourth-order valence-electron chi connectivity index (χ4n) is 4.29. The van der Waals surface area contributed by atoms with Gasteiger partial charge in [0.25, 0.3) is 0 Å². The van der Waals surface area contributed by atoms with E-state index in [-0.39, 0.29) is 18.9 Å². The first kappa shape index (κ1) is 21.3.